The van der Waals surface area contributed by atoms with E-state index in [1.54, 1.807) is 6.33 Å². The number of aromatic nitrogens is 2. The third-order valence-corrected chi connectivity index (χ3v) is 3.34. The van der Waals surface area contributed by atoms with E-state index < -0.39 is 0 Å². The van der Waals surface area contributed by atoms with Crippen LogP contribution in [0, 0.1) is 3.57 Å². The van der Waals surface area contributed by atoms with Gasteiger partial charge in [0.15, 0.2) is 0 Å². The molecule has 4 heteroatoms. The molecule has 0 amide bonds. The van der Waals surface area contributed by atoms with Gasteiger partial charge in [-0.1, -0.05) is 33.1 Å². The molecule has 0 aliphatic carbocycles. The molecule has 0 aromatic carbocycles. The summed E-state index contributed by atoms with van der Waals surface area (Å²) in [5.41, 5.74) is 0. The summed E-state index contributed by atoms with van der Waals surface area (Å²) in [5.74, 6) is 0.977. The van der Waals surface area contributed by atoms with Crippen LogP contribution in [0.3, 0.4) is 0 Å². The highest BCUT2D eigenvalue weighted by Gasteiger charge is 2.09. The van der Waals surface area contributed by atoms with Crippen molar-refractivity contribution >= 4 is 28.4 Å². The molecule has 1 atom stereocenters. The maximum absolute atomic E-state index is 4.28. The third kappa shape index (κ3) is 4.63. The number of hydrogen-bond acceptors (Lipinski definition) is 3. The van der Waals surface area contributed by atoms with E-state index in [2.05, 4.69) is 51.7 Å². The number of rotatable bonds is 7. The molecule has 0 bridgehead atoms. The molecule has 0 spiro atoms. The van der Waals surface area contributed by atoms with Gasteiger partial charge in [-0.05, 0) is 35.4 Å². The molecular formula is C12H20IN3. The fourth-order valence-electron chi connectivity index (χ4n) is 1.70. The van der Waals surface area contributed by atoms with E-state index in [0.717, 1.165) is 9.39 Å². The molecule has 0 saturated heterocycles. The Kier molecular flexibility index (Phi) is 6.68. The molecule has 1 unspecified atom stereocenters. The lowest BCUT2D eigenvalue weighted by molar-refractivity contribution is 0.562. The first kappa shape index (κ1) is 13.7. The molecule has 3 nitrogen and oxygen atoms in total. The Labute approximate surface area is 112 Å². The molecule has 16 heavy (non-hydrogen) atoms. The van der Waals surface area contributed by atoms with E-state index in [0.29, 0.717) is 6.04 Å². The van der Waals surface area contributed by atoms with E-state index in [9.17, 15) is 0 Å². The molecule has 1 rings (SSSR count). The maximum Gasteiger partial charge on any atom is 0.143 e. The van der Waals surface area contributed by atoms with E-state index in [-0.39, 0.29) is 0 Å². The highest BCUT2D eigenvalue weighted by molar-refractivity contribution is 14.1. The van der Waals surface area contributed by atoms with Crippen molar-refractivity contribution in [1.29, 1.82) is 0 Å². The summed E-state index contributed by atoms with van der Waals surface area (Å²) < 4.78 is 1.10. The summed E-state index contributed by atoms with van der Waals surface area (Å²) in [6.45, 7) is 4.46. The molecule has 0 fully saturated rings. The van der Waals surface area contributed by atoms with Gasteiger partial charge in [-0.25, -0.2) is 9.97 Å². The van der Waals surface area contributed by atoms with Gasteiger partial charge < -0.3 is 5.32 Å². The topological polar surface area (TPSA) is 37.8 Å². The quantitative estimate of drug-likeness (QED) is 0.770. The summed E-state index contributed by atoms with van der Waals surface area (Å²) in [7, 11) is 0. The van der Waals surface area contributed by atoms with Gasteiger partial charge >= 0.3 is 0 Å². The molecule has 0 radical (unpaired) electrons. The highest BCUT2D eigenvalue weighted by Crippen LogP contribution is 2.17. The average Bonchev–Trinajstić information content (AvgIpc) is 2.29. The van der Waals surface area contributed by atoms with Crippen LogP contribution in [0.25, 0.3) is 0 Å². The second-order valence-corrected chi connectivity index (χ2v) is 5.15. The highest BCUT2D eigenvalue weighted by atomic mass is 127. The number of nitrogens with one attached hydrogen (secondary N) is 1. The predicted molar refractivity (Wildman–Crippen MR) is 76.6 cm³/mol. The number of halogens is 1. The van der Waals surface area contributed by atoms with Crippen molar-refractivity contribution in [3.8, 4) is 0 Å². The first-order valence-electron chi connectivity index (χ1n) is 6.00. The minimum Gasteiger partial charge on any atom is -0.366 e. The van der Waals surface area contributed by atoms with Crippen molar-refractivity contribution < 1.29 is 0 Å². The lowest BCUT2D eigenvalue weighted by atomic mass is 10.1. The summed E-state index contributed by atoms with van der Waals surface area (Å²) in [6.07, 6.45) is 9.63. The lowest BCUT2D eigenvalue weighted by Crippen LogP contribution is -2.20. The largest absolute Gasteiger partial charge is 0.366 e. The van der Waals surface area contributed by atoms with Crippen molar-refractivity contribution in [2.24, 2.45) is 0 Å². The standard InChI is InChI=1S/C12H20IN3/c1-3-5-7-10(6-4-2)16-12-11(13)8-14-9-15-12/h8-10H,3-7H2,1-2H3,(H,14,15,16). The zero-order valence-corrected chi connectivity index (χ0v) is 12.2. The van der Waals surface area contributed by atoms with Crippen LogP contribution in [-0.4, -0.2) is 16.0 Å². The second kappa shape index (κ2) is 7.81. The van der Waals surface area contributed by atoms with Crippen molar-refractivity contribution in [2.45, 2.75) is 52.0 Å². The van der Waals surface area contributed by atoms with Crippen molar-refractivity contribution in [2.75, 3.05) is 5.32 Å². The van der Waals surface area contributed by atoms with Crippen molar-refractivity contribution in [3.63, 3.8) is 0 Å². The molecule has 1 N–H and O–H groups in total. The van der Waals surface area contributed by atoms with Crippen LogP contribution in [0.15, 0.2) is 12.5 Å². The molecule has 1 heterocycles. The van der Waals surface area contributed by atoms with Crippen molar-refractivity contribution in [1.82, 2.24) is 9.97 Å². The summed E-state index contributed by atoms with van der Waals surface area (Å²) in [6, 6.07) is 0.549. The normalized spacial score (nSPS) is 12.4. The Morgan fingerprint density at radius 3 is 2.75 bits per heavy atom. The monoisotopic (exact) mass is 333 g/mol. The van der Waals surface area contributed by atoms with Gasteiger partial charge in [-0.15, -0.1) is 0 Å². The summed E-state index contributed by atoms with van der Waals surface area (Å²) in [4.78, 5) is 8.28. The maximum atomic E-state index is 4.28. The number of unbranched alkanes of at least 4 members (excludes halogenated alkanes) is 1. The fourth-order valence-corrected chi connectivity index (χ4v) is 2.16. The zero-order valence-electron chi connectivity index (χ0n) is 10.0. The molecule has 0 aliphatic rings. The van der Waals surface area contributed by atoms with E-state index in [4.69, 9.17) is 0 Å². The zero-order chi connectivity index (χ0) is 11.8. The van der Waals surface area contributed by atoms with Gasteiger partial charge in [0.1, 0.15) is 12.1 Å². The first-order valence-corrected chi connectivity index (χ1v) is 7.07. The summed E-state index contributed by atoms with van der Waals surface area (Å²) >= 11 is 2.27. The predicted octanol–water partition coefficient (Wildman–Crippen LogP) is 3.85. The SMILES string of the molecule is CCCCC(CCC)Nc1ncncc1I. The van der Waals surface area contributed by atoms with Crippen LogP contribution >= 0.6 is 22.6 Å². The van der Waals surface area contributed by atoms with Gasteiger partial charge in [0.05, 0.1) is 3.57 Å². The van der Waals surface area contributed by atoms with E-state index in [1.165, 1.54) is 32.1 Å². The fraction of sp³-hybridized carbons (Fsp3) is 0.667. The van der Waals surface area contributed by atoms with E-state index >= 15 is 0 Å². The molecule has 0 aliphatic heterocycles. The first-order chi connectivity index (χ1) is 7.77. The van der Waals surface area contributed by atoms with Gasteiger partial charge in [0.25, 0.3) is 0 Å². The van der Waals surface area contributed by atoms with Gasteiger partial charge in [-0.3, -0.25) is 0 Å². The Bertz CT molecular complexity index is 304. The Morgan fingerprint density at radius 1 is 1.31 bits per heavy atom. The average molecular weight is 333 g/mol. The van der Waals surface area contributed by atoms with Crippen LogP contribution in [-0.2, 0) is 0 Å². The van der Waals surface area contributed by atoms with Crippen molar-refractivity contribution in [3.05, 3.63) is 16.1 Å². The van der Waals surface area contributed by atoms with Gasteiger partial charge in [-0.2, -0.15) is 0 Å². The molecule has 1 aromatic rings. The minimum atomic E-state index is 0.549. The second-order valence-electron chi connectivity index (χ2n) is 3.99. The smallest absolute Gasteiger partial charge is 0.143 e. The van der Waals surface area contributed by atoms with Gasteiger partial charge in [0.2, 0.25) is 0 Å². The van der Waals surface area contributed by atoms with E-state index in [1.807, 2.05) is 6.20 Å². The Morgan fingerprint density at radius 2 is 2.12 bits per heavy atom. The number of nitrogens with zero attached hydrogens (tertiary/aromatic N) is 2. The molecular weight excluding hydrogens is 313 g/mol. The Hall–Kier alpha value is -0.390. The van der Waals surface area contributed by atoms with Crippen LogP contribution in [0.1, 0.15) is 46.0 Å². The number of anilines is 1. The Balaban J connectivity index is 2.56. The van der Waals surface area contributed by atoms with Crippen LogP contribution in [0.5, 0.6) is 0 Å². The lowest BCUT2D eigenvalue weighted by Gasteiger charge is -2.18. The molecule has 90 valence electrons. The van der Waals surface area contributed by atoms with Crippen LogP contribution in [0.2, 0.25) is 0 Å². The van der Waals surface area contributed by atoms with Crippen LogP contribution in [0.4, 0.5) is 5.82 Å². The van der Waals surface area contributed by atoms with Crippen LogP contribution < -0.4 is 5.32 Å². The summed E-state index contributed by atoms with van der Waals surface area (Å²) in [5, 5.41) is 3.52. The number of hydrogen-bond donors (Lipinski definition) is 1. The minimum absolute atomic E-state index is 0.549. The third-order valence-electron chi connectivity index (χ3n) is 2.55. The molecule has 0 saturated carbocycles. The van der Waals surface area contributed by atoms with Gasteiger partial charge in [0, 0.05) is 12.2 Å². The molecule has 1 aromatic heterocycles.